The van der Waals surface area contributed by atoms with Crippen LogP contribution in [0.4, 0.5) is 0 Å². The van der Waals surface area contributed by atoms with E-state index in [0.717, 1.165) is 36.4 Å². The second-order valence-corrected chi connectivity index (χ2v) is 8.76. The highest BCUT2D eigenvalue weighted by atomic mass is 32.1. The smallest absolute Gasteiger partial charge is 0.354 e. The molecule has 0 saturated carbocycles. The molecule has 0 aliphatic carbocycles. The van der Waals surface area contributed by atoms with Crippen LogP contribution in [-0.2, 0) is 24.1 Å². The molecule has 0 N–H and O–H groups in total. The van der Waals surface area contributed by atoms with Crippen molar-refractivity contribution >= 4 is 17.3 Å². The minimum absolute atomic E-state index is 0.254. The van der Waals surface area contributed by atoms with Gasteiger partial charge in [-0.2, -0.15) is 0 Å². The maximum absolute atomic E-state index is 12.7. The van der Waals surface area contributed by atoms with E-state index in [4.69, 9.17) is 9.47 Å². The molecule has 0 fully saturated rings. The molecule has 2 aromatic heterocycles. The molecule has 3 aromatic rings. The number of fused-ring (bicyclic) bond motifs is 3. The van der Waals surface area contributed by atoms with E-state index in [9.17, 15) is 4.79 Å². The van der Waals surface area contributed by atoms with Gasteiger partial charge in [-0.3, -0.25) is 0 Å². The Balaban J connectivity index is 1.94. The van der Waals surface area contributed by atoms with E-state index >= 15 is 0 Å². The van der Waals surface area contributed by atoms with Crippen LogP contribution in [0.5, 0.6) is 5.75 Å². The van der Waals surface area contributed by atoms with Crippen molar-refractivity contribution in [3.05, 3.63) is 52.5 Å². The fourth-order valence-corrected chi connectivity index (χ4v) is 4.92. The van der Waals surface area contributed by atoms with Crippen molar-refractivity contribution in [2.24, 2.45) is 5.92 Å². The van der Waals surface area contributed by atoms with Gasteiger partial charge in [0.1, 0.15) is 11.4 Å². The zero-order valence-corrected chi connectivity index (χ0v) is 18.3. The molecule has 1 aromatic carbocycles. The van der Waals surface area contributed by atoms with Crippen LogP contribution >= 0.6 is 11.3 Å². The Hall–Kier alpha value is -2.53. The van der Waals surface area contributed by atoms with E-state index in [0.29, 0.717) is 18.2 Å². The number of aryl methyl sites for hydroxylation is 1. The number of aromatic nitrogens is 1. The third-order valence-corrected chi connectivity index (χ3v) is 6.27. The topological polar surface area (TPSA) is 40.5 Å². The van der Waals surface area contributed by atoms with Gasteiger partial charge in [0.2, 0.25) is 0 Å². The number of rotatable bonds is 6. The molecule has 0 unspecified atom stereocenters. The summed E-state index contributed by atoms with van der Waals surface area (Å²) in [5.41, 5.74) is 6.54. The SMILES string of the molecule is CCOC(=O)c1cc(-c2cccs2)c2n1CCc1cc(OC)c(CC(C)C)cc1-2. The number of hydrogen-bond acceptors (Lipinski definition) is 4. The highest BCUT2D eigenvalue weighted by molar-refractivity contribution is 7.13. The van der Waals surface area contributed by atoms with Crippen molar-refractivity contribution in [2.75, 3.05) is 13.7 Å². The summed E-state index contributed by atoms with van der Waals surface area (Å²) in [6.07, 6.45) is 1.82. The maximum Gasteiger partial charge on any atom is 0.354 e. The van der Waals surface area contributed by atoms with Crippen LogP contribution in [0.3, 0.4) is 0 Å². The predicted molar refractivity (Wildman–Crippen MR) is 118 cm³/mol. The van der Waals surface area contributed by atoms with Gasteiger partial charge < -0.3 is 14.0 Å². The monoisotopic (exact) mass is 409 g/mol. The van der Waals surface area contributed by atoms with Crippen LogP contribution in [0.15, 0.2) is 35.7 Å². The van der Waals surface area contributed by atoms with Gasteiger partial charge in [0, 0.05) is 22.5 Å². The van der Waals surface area contributed by atoms with E-state index in [2.05, 4.69) is 48.1 Å². The van der Waals surface area contributed by atoms with Crippen molar-refractivity contribution in [3.8, 4) is 27.4 Å². The first-order valence-electron chi connectivity index (χ1n) is 10.2. The quantitative estimate of drug-likeness (QED) is 0.481. The van der Waals surface area contributed by atoms with Gasteiger partial charge >= 0.3 is 5.97 Å². The fraction of sp³-hybridized carbons (Fsp3) is 0.375. The first kappa shape index (κ1) is 19.8. The standard InChI is InChI=1S/C24H27NO3S/c1-5-28-24(26)20-14-19(22-7-6-10-29-22)23-18-12-17(11-15(2)3)21(27-4)13-16(18)8-9-25(20)23/h6-7,10,12-15H,5,8-9,11H2,1-4H3. The van der Waals surface area contributed by atoms with Crippen molar-refractivity contribution in [1.29, 1.82) is 0 Å². The van der Waals surface area contributed by atoms with Gasteiger partial charge in [-0.05, 0) is 66.5 Å². The molecular weight excluding hydrogens is 382 g/mol. The number of nitrogens with zero attached hydrogens (tertiary/aromatic N) is 1. The van der Waals surface area contributed by atoms with Crippen LogP contribution < -0.4 is 4.74 Å². The molecule has 5 heteroatoms. The minimum Gasteiger partial charge on any atom is -0.496 e. The normalized spacial score (nSPS) is 12.6. The van der Waals surface area contributed by atoms with Gasteiger partial charge in [0.25, 0.3) is 0 Å². The molecule has 152 valence electrons. The molecule has 0 saturated heterocycles. The Morgan fingerprint density at radius 3 is 2.72 bits per heavy atom. The summed E-state index contributed by atoms with van der Waals surface area (Å²) in [5, 5.41) is 2.07. The summed E-state index contributed by atoms with van der Waals surface area (Å²) >= 11 is 1.69. The van der Waals surface area contributed by atoms with Crippen LogP contribution in [0.1, 0.15) is 42.4 Å². The van der Waals surface area contributed by atoms with Gasteiger partial charge in [-0.25, -0.2) is 4.79 Å². The highest BCUT2D eigenvalue weighted by Crippen LogP contribution is 2.43. The van der Waals surface area contributed by atoms with Crippen molar-refractivity contribution in [2.45, 2.75) is 40.2 Å². The van der Waals surface area contributed by atoms with Crippen LogP contribution in [0, 0.1) is 5.92 Å². The molecule has 0 bridgehead atoms. The first-order valence-corrected chi connectivity index (χ1v) is 11.1. The number of hydrogen-bond donors (Lipinski definition) is 0. The largest absolute Gasteiger partial charge is 0.496 e. The van der Waals surface area contributed by atoms with Crippen LogP contribution in [0.25, 0.3) is 21.7 Å². The summed E-state index contributed by atoms with van der Waals surface area (Å²) in [7, 11) is 1.74. The van der Waals surface area contributed by atoms with Crippen molar-refractivity contribution in [1.82, 2.24) is 4.57 Å². The predicted octanol–water partition coefficient (Wildman–Crippen LogP) is 5.82. The molecule has 0 radical (unpaired) electrons. The van der Waals surface area contributed by atoms with E-state index in [1.807, 2.05) is 13.0 Å². The van der Waals surface area contributed by atoms with Crippen LogP contribution in [-0.4, -0.2) is 24.3 Å². The molecule has 4 nitrogen and oxygen atoms in total. The van der Waals surface area contributed by atoms with Gasteiger partial charge in [0.05, 0.1) is 19.4 Å². The number of esters is 1. The highest BCUT2D eigenvalue weighted by Gasteiger charge is 2.28. The van der Waals surface area contributed by atoms with E-state index in [1.54, 1.807) is 18.4 Å². The molecule has 0 amide bonds. The lowest BCUT2D eigenvalue weighted by Crippen LogP contribution is -2.18. The summed E-state index contributed by atoms with van der Waals surface area (Å²) in [4.78, 5) is 13.8. The molecule has 1 aliphatic heterocycles. The Morgan fingerprint density at radius 2 is 2.07 bits per heavy atom. The maximum atomic E-state index is 12.7. The Morgan fingerprint density at radius 1 is 1.24 bits per heavy atom. The number of benzene rings is 1. The lowest BCUT2D eigenvalue weighted by atomic mass is 9.91. The Bertz CT molecular complexity index is 1030. The second kappa shape index (κ2) is 8.07. The molecule has 0 spiro atoms. The molecule has 1 aliphatic rings. The van der Waals surface area contributed by atoms with Crippen molar-refractivity contribution in [3.63, 3.8) is 0 Å². The number of thiophene rings is 1. The zero-order valence-electron chi connectivity index (χ0n) is 17.5. The molecule has 0 atom stereocenters. The average Bonchev–Trinajstić information content (AvgIpc) is 3.35. The van der Waals surface area contributed by atoms with Gasteiger partial charge in [0.15, 0.2) is 0 Å². The first-order chi connectivity index (χ1) is 14.0. The molecular formula is C24H27NO3S. The van der Waals surface area contributed by atoms with Gasteiger partial charge in [-0.1, -0.05) is 19.9 Å². The molecule has 3 heterocycles. The lowest BCUT2D eigenvalue weighted by molar-refractivity contribution is 0.0514. The third kappa shape index (κ3) is 3.60. The Labute approximate surface area is 176 Å². The van der Waals surface area contributed by atoms with E-state index < -0.39 is 0 Å². The zero-order chi connectivity index (χ0) is 20.5. The third-order valence-electron chi connectivity index (χ3n) is 5.36. The summed E-state index contributed by atoms with van der Waals surface area (Å²) in [5.74, 6) is 1.24. The fourth-order valence-electron chi connectivity index (χ4n) is 4.18. The van der Waals surface area contributed by atoms with Gasteiger partial charge in [-0.15, -0.1) is 11.3 Å². The number of methoxy groups -OCH3 is 1. The summed E-state index contributed by atoms with van der Waals surface area (Å²) < 4.78 is 13.2. The second-order valence-electron chi connectivity index (χ2n) is 7.81. The number of ether oxygens (including phenoxy) is 2. The lowest BCUT2D eigenvalue weighted by Gasteiger charge is -2.24. The average molecular weight is 410 g/mol. The van der Waals surface area contributed by atoms with Crippen molar-refractivity contribution < 1.29 is 14.3 Å². The summed E-state index contributed by atoms with van der Waals surface area (Å²) in [6.45, 7) is 7.42. The van der Waals surface area contributed by atoms with E-state index in [1.165, 1.54) is 21.6 Å². The van der Waals surface area contributed by atoms with E-state index in [-0.39, 0.29) is 5.97 Å². The molecule has 4 rings (SSSR count). The number of carbonyl (C=O) groups excluding carboxylic acids is 1. The number of carbonyl (C=O) groups is 1. The molecule has 29 heavy (non-hydrogen) atoms. The Kier molecular flexibility index (Phi) is 5.50. The minimum atomic E-state index is -0.254. The summed E-state index contributed by atoms with van der Waals surface area (Å²) in [6, 6.07) is 10.6. The van der Waals surface area contributed by atoms with Crippen LogP contribution in [0.2, 0.25) is 0 Å².